The number of hydrogen-bond donors (Lipinski definition) is 0. The highest BCUT2D eigenvalue weighted by Crippen LogP contribution is 2.44. The molecule has 0 radical (unpaired) electrons. The summed E-state index contributed by atoms with van der Waals surface area (Å²) in [5.74, 6) is 1.02. The van der Waals surface area contributed by atoms with Crippen LogP contribution < -0.4 is 4.90 Å². The van der Waals surface area contributed by atoms with Crippen molar-refractivity contribution < 1.29 is 0 Å². The fraction of sp³-hybridized carbons (Fsp3) is 0.455. The van der Waals surface area contributed by atoms with Crippen LogP contribution in [0.4, 0.5) is 5.82 Å². The number of aromatic nitrogens is 2. The molecular formula is C22H26ClN3S. The van der Waals surface area contributed by atoms with Crippen molar-refractivity contribution in [2.75, 3.05) is 11.4 Å². The average molecular weight is 400 g/mol. The minimum Gasteiger partial charge on any atom is -0.353 e. The van der Waals surface area contributed by atoms with E-state index in [-0.39, 0.29) is 0 Å². The van der Waals surface area contributed by atoms with Crippen LogP contribution in [0.5, 0.6) is 0 Å². The van der Waals surface area contributed by atoms with Gasteiger partial charge in [0.2, 0.25) is 5.28 Å². The molecule has 1 saturated heterocycles. The van der Waals surface area contributed by atoms with Crippen molar-refractivity contribution >= 4 is 39.0 Å². The Kier molecular flexibility index (Phi) is 5.38. The van der Waals surface area contributed by atoms with Crippen LogP contribution in [0.3, 0.4) is 0 Å². The molecular weight excluding hydrogens is 374 g/mol. The van der Waals surface area contributed by atoms with Crippen LogP contribution in [0.1, 0.15) is 50.5 Å². The summed E-state index contributed by atoms with van der Waals surface area (Å²) in [4.78, 5) is 14.1. The average Bonchev–Trinajstić information content (AvgIpc) is 3.06. The minimum absolute atomic E-state index is 0.354. The van der Waals surface area contributed by atoms with E-state index >= 15 is 0 Å². The van der Waals surface area contributed by atoms with E-state index in [0.29, 0.717) is 11.3 Å². The lowest BCUT2D eigenvalue weighted by molar-refractivity contribution is 0.482. The lowest BCUT2D eigenvalue weighted by Crippen LogP contribution is -2.38. The predicted octanol–water partition coefficient (Wildman–Crippen LogP) is 6.52. The first kappa shape index (κ1) is 18.7. The van der Waals surface area contributed by atoms with E-state index in [1.54, 1.807) is 11.3 Å². The molecule has 0 spiro atoms. The topological polar surface area (TPSA) is 29.0 Å². The van der Waals surface area contributed by atoms with E-state index in [1.165, 1.54) is 46.2 Å². The van der Waals surface area contributed by atoms with Crippen molar-refractivity contribution in [2.45, 2.75) is 58.9 Å². The number of rotatable bonds is 4. The molecule has 0 bridgehead atoms. The van der Waals surface area contributed by atoms with Gasteiger partial charge in [0.1, 0.15) is 10.6 Å². The van der Waals surface area contributed by atoms with E-state index in [2.05, 4.69) is 54.9 Å². The highest BCUT2D eigenvalue weighted by Gasteiger charge is 2.26. The largest absolute Gasteiger partial charge is 0.353 e. The van der Waals surface area contributed by atoms with Gasteiger partial charge < -0.3 is 4.90 Å². The first-order chi connectivity index (χ1) is 13.1. The highest BCUT2D eigenvalue weighted by molar-refractivity contribution is 7.19. The normalized spacial score (nSPS) is 17.6. The van der Waals surface area contributed by atoms with E-state index in [9.17, 15) is 0 Å². The van der Waals surface area contributed by atoms with E-state index in [1.807, 2.05) is 0 Å². The zero-order valence-corrected chi connectivity index (χ0v) is 17.8. The standard InChI is InChI=1S/C22H26ClN3S/c1-4-15-9-11-16(12-10-15)18-17(5-2)27-21-19(18)20(24-22(23)25-21)26-13-7-6-8-14(26)3/h9-12,14H,4-8,13H2,1-3H3. The van der Waals surface area contributed by atoms with Gasteiger partial charge in [-0.15, -0.1) is 11.3 Å². The maximum Gasteiger partial charge on any atom is 0.225 e. The number of benzene rings is 1. The van der Waals surface area contributed by atoms with Crippen LogP contribution in [0, 0.1) is 0 Å². The summed E-state index contributed by atoms with van der Waals surface area (Å²) >= 11 is 8.10. The Morgan fingerprint density at radius 3 is 2.56 bits per heavy atom. The molecule has 142 valence electrons. The summed E-state index contributed by atoms with van der Waals surface area (Å²) in [5.41, 5.74) is 3.91. The van der Waals surface area contributed by atoms with Crippen LogP contribution in [-0.2, 0) is 12.8 Å². The summed E-state index contributed by atoms with van der Waals surface area (Å²) in [5, 5.41) is 1.53. The lowest BCUT2D eigenvalue weighted by Gasteiger charge is -2.35. The fourth-order valence-corrected chi connectivity index (χ4v) is 5.43. The zero-order chi connectivity index (χ0) is 19.0. The van der Waals surface area contributed by atoms with Crippen LogP contribution in [0.2, 0.25) is 5.28 Å². The minimum atomic E-state index is 0.354. The van der Waals surface area contributed by atoms with E-state index in [0.717, 1.165) is 30.0 Å². The second-order valence-electron chi connectivity index (χ2n) is 7.34. The van der Waals surface area contributed by atoms with Crippen molar-refractivity contribution in [2.24, 2.45) is 0 Å². The second-order valence-corrected chi connectivity index (χ2v) is 8.76. The van der Waals surface area contributed by atoms with E-state index < -0.39 is 0 Å². The molecule has 5 heteroatoms. The first-order valence-corrected chi connectivity index (χ1v) is 11.2. The Labute approximate surface area is 170 Å². The van der Waals surface area contributed by atoms with Crippen molar-refractivity contribution in [1.29, 1.82) is 0 Å². The molecule has 3 heterocycles. The lowest BCUT2D eigenvalue weighted by atomic mass is 9.98. The van der Waals surface area contributed by atoms with Crippen molar-refractivity contribution in [1.82, 2.24) is 9.97 Å². The number of thiophene rings is 1. The van der Waals surface area contributed by atoms with Crippen LogP contribution in [0.15, 0.2) is 24.3 Å². The van der Waals surface area contributed by atoms with Crippen molar-refractivity contribution in [3.05, 3.63) is 40.0 Å². The maximum atomic E-state index is 6.34. The number of anilines is 1. The number of nitrogens with zero attached hydrogens (tertiary/aromatic N) is 3. The summed E-state index contributed by atoms with van der Waals surface area (Å²) in [7, 11) is 0. The molecule has 3 nitrogen and oxygen atoms in total. The Balaban J connectivity index is 1.96. The van der Waals surface area contributed by atoms with Gasteiger partial charge in [0.15, 0.2) is 0 Å². The molecule has 1 fully saturated rings. The second kappa shape index (κ2) is 7.76. The molecule has 0 aliphatic carbocycles. The van der Waals surface area contributed by atoms with Gasteiger partial charge in [-0.1, -0.05) is 38.1 Å². The predicted molar refractivity (Wildman–Crippen MR) is 117 cm³/mol. The molecule has 1 aromatic carbocycles. The third-order valence-electron chi connectivity index (χ3n) is 5.63. The molecule has 0 saturated carbocycles. The molecule has 1 aliphatic heterocycles. The summed E-state index contributed by atoms with van der Waals surface area (Å²) < 4.78 is 0. The Bertz CT molecular complexity index is 948. The van der Waals surface area contributed by atoms with Gasteiger partial charge in [-0.3, -0.25) is 0 Å². The molecule has 1 aliphatic rings. The molecule has 0 amide bonds. The molecule has 2 aromatic heterocycles. The Hall–Kier alpha value is -1.65. The molecule has 1 unspecified atom stereocenters. The number of halogens is 1. The first-order valence-electron chi connectivity index (χ1n) is 9.97. The van der Waals surface area contributed by atoms with Crippen molar-refractivity contribution in [3.8, 4) is 11.1 Å². The summed E-state index contributed by atoms with van der Waals surface area (Å²) in [6.45, 7) is 7.74. The van der Waals surface area contributed by atoms with Gasteiger partial charge >= 0.3 is 0 Å². The molecule has 27 heavy (non-hydrogen) atoms. The Morgan fingerprint density at radius 2 is 1.89 bits per heavy atom. The van der Waals surface area contributed by atoms with Crippen LogP contribution in [-0.4, -0.2) is 22.6 Å². The highest BCUT2D eigenvalue weighted by atomic mass is 35.5. The van der Waals surface area contributed by atoms with Crippen LogP contribution >= 0.6 is 22.9 Å². The quantitative estimate of drug-likeness (QED) is 0.468. The van der Waals surface area contributed by atoms with Crippen molar-refractivity contribution in [3.63, 3.8) is 0 Å². The van der Waals surface area contributed by atoms with Crippen LogP contribution in [0.25, 0.3) is 21.3 Å². The number of fused-ring (bicyclic) bond motifs is 1. The van der Waals surface area contributed by atoms with Gasteiger partial charge in [0, 0.05) is 23.0 Å². The van der Waals surface area contributed by atoms with Gasteiger partial charge in [-0.05, 0) is 61.8 Å². The third-order valence-corrected chi connectivity index (χ3v) is 7.02. The summed E-state index contributed by atoms with van der Waals surface area (Å²) in [6.07, 6.45) is 5.74. The number of piperidine rings is 1. The van der Waals surface area contributed by atoms with Gasteiger partial charge in [0.25, 0.3) is 0 Å². The monoisotopic (exact) mass is 399 g/mol. The summed E-state index contributed by atoms with van der Waals surface area (Å²) in [6, 6.07) is 9.44. The number of aryl methyl sites for hydroxylation is 2. The fourth-order valence-electron chi connectivity index (χ4n) is 4.09. The smallest absolute Gasteiger partial charge is 0.225 e. The zero-order valence-electron chi connectivity index (χ0n) is 16.3. The molecule has 1 atom stereocenters. The third kappa shape index (κ3) is 3.45. The van der Waals surface area contributed by atoms with E-state index in [4.69, 9.17) is 16.6 Å². The van der Waals surface area contributed by atoms with Gasteiger partial charge in [0.05, 0.1) is 5.39 Å². The molecule has 3 aromatic rings. The van der Waals surface area contributed by atoms with Gasteiger partial charge in [-0.25, -0.2) is 4.98 Å². The molecule has 0 N–H and O–H groups in total. The van der Waals surface area contributed by atoms with Gasteiger partial charge in [-0.2, -0.15) is 4.98 Å². The SMILES string of the molecule is CCc1ccc(-c2c(CC)sc3nc(Cl)nc(N4CCCCC4C)c23)cc1. The number of hydrogen-bond acceptors (Lipinski definition) is 4. The Morgan fingerprint density at radius 1 is 1.11 bits per heavy atom. The molecule has 4 rings (SSSR count). The maximum absolute atomic E-state index is 6.34.